The van der Waals surface area contributed by atoms with E-state index in [2.05, 4.69) is 10.6 Å². The number of benzene rings is 3. The third kappa shape index (κ3) is 8.86. The monoisotopic (exact) mass is 614 g/mol. The van der Waals surface area contributed by atoms with Crippen molar-refractivity contribution in [3.05, 3.63) is 106 Å². The summed E-state index contributed by atoms with van der Waals surface area (Å²) in [4.78, 5) is 26.6. The highest BCUT2D eigenvalue weighted by molar-refractivity contribution is 6.03. The van der Waals surface area contributed by atoms with Gasteiger partial charge in [-0.3, -0.25) is 9.59 Å². The molecule has 2 fully saturated rings. The molecule has 0 bridgehead atoms. The minimum Gasteiger partial charge on any atom is -0.497 e. The van der Waals surface area contributed by atoms with Crippen LogP contribution >= 0.6 is 0 Å². The van der Waals surface area contributed by atoms with Gasteiger partial charge < -0.3 is 20.1 Å². The Labute approximate surface area is 270 Å². The summed E-state index contributed by atoms with van der Waals surface area (Å²) < 4.78 is 10.5. The number of amides is 2. The average molecular weight is 615 g/mol. The van der Waals surface area contributed by atoms with E-state index in [4.69, 9.17) is 9.47 Å². The van der Waals surface area contributed by atoms with Crippen LogP contribution < -0.4 is 20.1 Å². The Morgan fingerprint density at radius 3 is 1.43 bits per heavy atom. The van der Waals surface area contributed by atoms with Crippen molar-refractivity contribution in [2.45, 2.75) is 50.6 Å². The highest BCUT2D eigenvalue weighted by Crippen LogP contribution is 2.39. The zero-order valence-electron chi connectivity index (χ0n) is 26.2. The van der Waals surface area contributed by atoms with E-state index in [1.165, 1.54) is 12.2 Å². The van der Waals surface area contributed by atoms with Crippen molar-refractivity contribution in [2.24, 2.45) is 11.8 Å². The summed E-state index contributed by atoms with van der Waals surface area (Å²) >= 11 is 0. The molecule has 2 atom stereocenters. The SMILES string of the molecule is COc1ccc(C(CC2CC2)NC(=O)/C(C#N)=C/c2cccc(/C=C(\C#N)C(=O)NC(CC3CC3)c3ccc(OC)cc3)c2)cc1. The predicted octanol–water partition coefficient (Wildman–Crippen LogP) is 6.83. The molecule has 3 aromatic rings. The van der Waals surface area contributed by atoms with Gasteiger partial charge in [0, 0.05) is 0 Å². The van der Waals surface area contributed by atoms with Crippen molar-refractivity contribution < 1.29 is 19.1 Å². The molecule has 0 spiro atoms. The molecular formula is C38H38N4O4. The van der Waals surface area contributed by atoms with E-state index in [0.717, 1.165) is 61.2 Å². The predicted molar refractivity (Wildman–Crippen MR) is 176 cm³/mol. The zero-order chi connectivity index (χ0) is 32.5. The van der Waals surface area contributed by atoms with Crippen LogP contribution in [0.25, 0.3) is 12.2 Å². The molecule has 2 saturated carbocycles. The van der Waals surface area contributed by atoms with Crippen LogP contribution in [0.15, 0.2) is 83.9 Å². The second-order valence-corrected chi connectivity index (χ2v) is 12.0. The lowest BCUT2D eigenvalue weighted by Gasteiger charge is -2.19. The number of carbonyl (C=O) groups excluding carboxylic acids is 2. The Balaban J connectivity index is 1.30. The molecule has 234 valence electrons. The van der Waals surface area contributed by atoms with Crippen molar-refractivity contribution in [1.82, 2.24) is 10.6 Å². The van der Waals surface area contributed by atoms with Crippen LogP contribution in [0.3, 0.4) is 0 Å². The van der Waals surface area contributed by atoms with Gasteiger partial charge in [-0.05, 0) is 89.4 Å². The molecule has 2 aliphatic carbocycles. The molecule has 0 saturated heterocycles. The fourth-order valence-corrected chi connectivity index (χ4v) is 5.44. The van der Waals surface area contributed by atoms with Gasteiger partial charge in [-0.1, -0.05) is 68.1 Å². The molecule has 8 heteroatoms. The topological polar surface area (TPSA) is 124 Å². The number of hydrogen-bond acceptors (Lipinski definition) is 6. The van der Waals surface area contributed by atoms with Crippen LogP contribution in [-0.4, -0.2) is 26.0 Å². The van der Waals surface area contributed by atoms with Gasteiger partial charge in [-0.15, -0.1) is 0 Å². The minimum absolute atomic E-state index is 0.0314. The van der Waals surface area contributed by atoms with Gasteiger partial charge in [-0.25, -0.2) is 0 Å². The summed E-state index contributed by atoms with van der Waals surface area (Å²) in [6, 6.07) is 25.9. The van der Waals surface area contributed by atoms with E-state index in [-0.39, 0.29) is 23.2 Å². The number of ether oxygens (including phenoxy) is 2. The zero-order valence-corrected chi connectivity index (χ0v) is 26.2. The fourth-order valence-electron chi connectivity index (χ4n) is 5.44. The number of hydrogen-bond donors (Lipinski definition) is 2. The van der Waals surface area contributed by atoms with Crippen LogP contribution in [0.4, 0.5) is 0 Å². The molecule has 8 nitrogen and oxygen atoms in total. The van der Waals surface area contributed by atoms with Gasteiger partial charge in [0.05, 0.1) is 26.3 Å². The molecule has 5 rings (SSSR count). The highest BCUT2D eigenvalue weighted by Gasteiger charge is 2.29. The highest BCUT2D eigenvalue weighted by atomic mass is 16.5. The molecule has 0 heterocycles. The first kappa shape index (κ1) is 32.1. The smallest absolute Gasteiger partial charge is 0.262 e. The Morgan fingerprint density at radius 2 is 1.11 bits per heavy atom. The van der Waals surface area contributed by atoms with E-state index >= 15 is 0 Å². The summed E-state index contributed by atoms with van der Waals surface area (Å²) in [6.45, 7) is 0. The summed E-state index contributed by atoms with van der Waals surface area (Å²) in [5.74, 6) is 1.66. The van der Waals surface area contributed by atoms with Crippen molar-refractivity contribution >= 4 is 24.0 Å². The molecule has 2 N–H and O–H groups in total. The van der Waals surface area contributed by atoms with Gasteiger partial charge in [0.2, 0.25) is 0 Å². The second kappa shape index (κ2) is 15.1. The normalized spacial score (nSPS) is 15.9. The first-order valence-corrected chi connectivity index (χ1v) is 15.6. The lowest BCUT2D eigenvalue weighted by atomic mass is 9.99. The maximum atomic E-state index is 13.3. The Bertz CT molecular complexity index is 1570. The van der Waals surface area contributed by atoms with Gasteiger partial charge >= 0.3 is 0 Å². The van der Waals surface area contributed by atoms with Crippen LogP contribution in [0.5, 0.6) is 11.5 Å². The first-order valence-electron chi connectivity index (χ1n) is 15.6. The Hall–Kier alpha value is -5.34. The number of nitrogens with zero attached hydrogens (tertiary/aromatic N) is 2. The van der Waals surface area contributed by atoms with E-state index in [1.54, 1.807) is 38.5 Å². The van der Waals surface area contributed by atoms with Crippen molar-refractivity contribution in [3.8, 4) is 23.6 Å². The molecule has 3 aromatic carbocycles. The first-order chi connectivity index (χ1) is 22.4. The standard InChI is InChI=1S/C38H38N4O4/c1-45-33-14-10-29(11-15-33)35(21-25-6-7-25)41-37(43)31(23-39)19-27-4-3-5-28(18-27)20-32(24-40)38(44)42-36(22-26-8-9-26)30-12-16-34(46-2)17-13-30/h3-5,10-20,25-26,35-36H,6-9,21-22H2,1-2H3,(H,41,43)(H,42,44)/b31-19+,32-20+. The number of carbonyl (C=O) groups is 2. The summed E-state index contributed by atoms with van der Waals surface area (Å²) in [7, 11) is 3.22. The van der Waals surface area contributed by atoms with Gasteiger partial charge in [0.25, 0.3) is 11.8 Å². The molecule has 2 amide bonds. The Kier molecular flexibility index (Phi) is 10.5. The largest absolute Gasteiger partial charge is 0.497 e. The lowest BCUT2D eigenvalue weighted by molar-refractivity contribution is -0.118. The van der Waals surface area contributed by atoms with Gasteiger partial charge in [0.1, 0.15) is 34.8 Å². The van der Waals surface area contributed by atoms with E-state index < -0.39 is 11.8 Å². The number of nitrogens with one attached hydrogen (secondary N) is 2. The van der Waals surface area contributed by atoms with Crippen molar-refractivity contribution in [3.63, 3.8) is 0 Å². The van der Waals surface area contributed by atoms with Crippen LogP contribution in [0, 0.1) is 34.5 Å². The third-order valence-corrected chi connectivity index (χ3v) is 8.44. The Morgan fingerprint density at radius 1 is 0.717 bits per heavy atom. The number of nitriles is 2. The van der Waals surface area contributed by atoms with Gasteiger partial charge in [-0.2, -0.15) is 10.5 Å². The fraction of sp³-hybridized carbons (Fsp3) is 0.316. The summed E-state index contributed by atoms with van der Waals surface area (Å²) in [6.07, 6.45) is 9.19. The lowest BCUT2D eigenvalue weighted by Crippen LogP contribution is -2.30. The molecule has 2 unspecified atom stereocenters. The maximum Gasteiger partial charge on any atom is 0.262 e. The second-order valence-electron chi connectivity index (χ2n) is 12.0. The van der Waals surface area contributed by atoms with Crippen LogP contribution in [-0.2, 0) is 9.59 Å². The summed E-state index contributed by atoms with van der Waals surface area (Å²) in [5.41, 5.74) is 3.06. The van der Waals surface area contributed by atoms with Gasteiger partial charge in [0.15, 0.2) is 0 Å². The molecular weight excluding hydrogens is 576 g/mol. The average Bonchev–Trinajstić information content (AvgIpc) is 4.03. The van der Waals surface area contributed by atoms with E-state index in [1.807, 2.05) is 60.7 Å². The molecule has 0 aromatic heterocycles. The van der Waals surface area contributed by atoms with Crippen LogP contribution in [0.2, 0.25) is 0 Å². The third-order valence-electron chi connectivity index (χ3n) is 8.44. The quantitative estimate of drug-likeness (QED) is 0.151. The van der Waals surface area contributed by atoms with Crippen LogP contribution in [0.1, 0.15) is 72.9 Å². The molecule has 2 aliphatic rings. The van der Waals surface area contributed by atoms with Crippen molar-refractivity contribution in [1.29, 1.82) is 10.5 Å². The maximum absolute atomic E-state index is 13.3. The number of rotatable bonds is 14. The van der Waals surface area contributed by atoms with E-state index in [9.17, 15) is 20.1 Å². The van der Waals surface area contributed by atoms with E-state index in [0.29, 0.717) is 23.0 Å². The molecule has 0 radical (unpaired) electrons. The minimum atomic E-state index is -0.456. The summed E-state index contributed by atoms with van der Waals surface area (Å²) in [5, 5.41) is 25.9. The number of methoxy groups -OCH3 is 2. The van der Waals surface area contributed by atoms with Crippen molar-refractivity contribution in [2.75, 3.05) is 14.2 Å². The molecule has 46 heavy (non-hydrogen) atoms. The molecule has 0 aliphatic heterocycles.